The number of rotatable bonds is 1. The maximum atomic E-state index is 12.7. The third-order valence-electron chi connectivity index (χ3n) is 3.43. The molecule has 0 aromatic heterocycles. The van der Waals surface area contributed by atoms with Gasteiger partial charge in [0, 0.05) is 11.6 Å². The van der Waals surface area contributed by atoms with Crippen LogP contribution in [0.3, 0.4) is 0 Å². The summed E-state index contributed by atoms with van der Waals surface area (Å²) in [7, 11) is 0. The summed E-state index contributed by atoms with van der Waals surface area (Å²) in [5.74, 6) is -1.29. The van der Waals surface area contributed by atoms with Crippen molar-refractivity contribution in [3.05, 3.63) is 29.8 Å². The Kier molecular flexibility index (Phi) is 2.64. The maximum absolute atomic E-state index is 12.7. The molecule has 4 nitrogen and oxygen atoms in total. The summed E-state index contributed by atoms with van der Waals surface area (Å²) in [4.78, 5) is 14.4. The first-order chi connectivity index (χ1) is 8.67. The van der Waals surface area contributed by atoms with Crippen molar-refractivity contribution < 1.29 is 14.3 Å². The van der Waals surface area contributed by atoms with Gasteiger partial charge in [0.25, 0.3) is 11.7 Å². The second kappa shape index (κ2) is 4.07. The Hall–Kier alpha value is -1.39. The lowest BCUT2D eigenvalue weighted by Crippen LogP contribution is -2.48. The fraction of sp³-hybridized carbons (Fsp3) is 0.500. The van der Waals surface area contributed by atoms with Crippen molar-refractivity contribution in [3.63, 3.8) is 0 Å². The van der Waals surface area contributed by atoms with Crippen molar-refractivity contribution in [1.29, 1.82) is 0 Å². The van der Waals surface area contributed by atoms with E-state index in [1.165, 1.54) is 0 Å². The number of carbonyl (C=O) groups excluding carboxylic acids is 1. The number of hydrogen-bond acceptors (Lipinski definition) is 3. The summed E-state index contributed by atoms with van der Waals surface area (Å²) in [6.45, 7) is 5.12. The number of fused-ring (bicyclic) bond motifs is 2. The van der Waals surface area contributed by atoms with E-state index in [1.54, 1.807) is 4.90 Å². The predicted octanol–water partition coefficient (Wildman–Crippen LogP) is 2.03. The first kappa shape index (κ1) is 11.7. The van der Waals surface area contributed by atoms with Gasteiger partial charge in [-0.05, 0) is 26.3 Å². The molecule has 4 heteroatoms. The molecule has 0 bridgehead atoms. The van der Waals surface area contributed by atoms with Crippen molar-refractivity contribution in [2.45, 2.75) is 32.1 Å². The molecule has 0 N–H and O–H groups in total. The van der Waals surface area contributed by atoms with E-state index in [9.17, 15) is 4.79 Å². The lowest BCUT2D eigenvalue weighted by atomic mass is 10.1. The number of para-hydroxylation sites is 1. The summed E-state index contributed by atoms with van der Waals surface area (Å²) in [6, 6.07) is 7.80. The normalized spacial score (nSPS) is 21.7. The van der Waals surface area contributed by atoms with Gasteiger partial charge in [-0.15, -0.1) is 0 Å². The molecule has 96 valence electrons. The van der Waals surface area contributed by atoms with Crippen LogP contribution in [-0.4, -0.2) is 25.2 Å². The lowest BCUT2D eigenvalue weighted by Gasteiger charge is -2.33. The molecule has 1 spiro atoms. The number of nitrogens with zero attached hydrogens (tertiary/aromatic N) is 1. The van der Waals surface area contributed by atoms with Gasteiger partial charge in [0.1, 0.15) is 0 Å². The molecular weight excluding hydrogens is 230 g/mol. The summed E-state index contributed by atoms with van der Waals surface area (Å²) >= 11 is 0. The molecule has 18 heavy (non-hydrogen) atoms. The minimum absolute atomic E-state index is 0.0900. The van der Waals surface area contributed by atoms with Crippen LogP contribution in [0.5, 0.6) is 0 Å². The number of benzene rings is 1. The van der Waals surface area contributed by atoms with E-state index in [2.05, 4.69) is 0 Å². The maximum Gasteiger partial charge on any atom is 0.292 e. The largest absolute Gasteiger partial charge is 0.338 e. The van der Waals surface area contributed by atoms with E-state index in [1.807, 2.05) is 38.1 Å². The first-order valence-corrected chi connectivity index (χ1v) is 6.38. The van der Waals surface area contributed by atoms with Gasteiger partial charge in [-0.1, -0.05) is 18.2 Å². The lowest BCUT2D eigenvalue weighted by molar-refractivity contribution is -0.256. The zero-order valence-corrected chi connectivity index (χ0v) is 10.7. The van der Waals surface area contributed by atoms with Crippen molar-refractivity contribution in [3.8, 4) is 0 Å². The van der Waals surface area contributed by atoms with Crippen LogP contribution in [-0.2, 0) is 20.1 Å². The van der Waals surface area contributed by atoms with Gasteiger partial charge < -0.3 is 14.4 Å². The number of anilines is 1. The Balaban J connectivity index is 2.14. The van der Waals surface area contributed by atoms with Crippen LogP contribution in [0, 0.1) is 0 Å². The number of ether oxygens (including phenoxy) is 2. The molecule has 1 saturated heterocycles. The minimum Gasteiger partial charge on any atom is -0.338 e. The summed E-state index contributed by atoms with van der Waals surface area (Å²) in [5.41, 5.74) is 1.74. The van der Waals surface area contributed by atoms with Gasteiger partial charge in [0.05, 0.1) is 18.9 Å². The molecule has 0 aliphatic carbocycles. The molecule has 2 heterocycles. The molecule has 0 atom stereocenters. The summed E-state index contributed by atoms with van der Waals surface area (Å²) < 4.78 is 11.5. The molecule has 2 aliphatic rings. The molecule has 3 rings (SSSR count). The van der Waals surface area contributed by atoms with Gasteiger partial charge in [-0.2, -0.15) is 0 Å². The Morgan fingerprint density at radius 3 is 2.56 bits per heavy atom. The van der Waals surface area contributed by atoms with Gasteiger partial charge in [-0.3, -0.25) is 4.79 Å². The second-order valence-corrected chi connectivity index (χ2v) is 4.95. The van der Waals surface area contributed by atoms with E-state index < -0.39 is 5.79 Å². The fourth-order valence-electron chi connectivity index (χ4n) is 2.67. The summed E-state index contributed by atoms with van der Waals surface area (Å²) in [5, 5.41) is 0. The second-order valence-electron chi connectivity index (χ2n) is 4.95. The molecular formula is C14H17NO3. The van der Waals surface area contributed by atoms with E-state index in [4.69, 9.17) is 9.47 Å². The van der Waals surface area contributed by atoms with Gasteiger partial charge in [0.2, 0.25) is 0 Å². The monoisotopic (exact) mass is 247 g/mol. The van der Waals surface area contributed by atoms with E-state index in [0.717, 1.165) is 17.7 Å². The number of hydrogen-bond donors (Lipinski definition) is 0. The van der Waals surface area contributed by atoms with Crippen molar-refractivity contribution in [1.82, 2.24) is 0 Å². The van der Waals surface area contributed by atoms with E-state index in [-0.39, 0.29) is 11.9 Å². The molecule has 1 fully saturated rings. The van der Waals surface area contributed by atoms with Crippen molar-refractivity contribution in [2.75, 3.05) is 18.1 Å². The van der Waals surface area contributed by atoms with Crippen LogP contribution in [0.2, 0.25) is 0 Å². The SMILES string of the molecule is CC(C)N1C(=O)C2(OCCCO2)c2ccccc21. The van der Waals surface area contributed by atoms with Gasteiger partial charge in [-0.25, -0.2) is 0 Å². The zero-order valence-electron chi connectivity index (χ0n) is 10.7. The first-order valence-electron chi connectivity index (χ1n) is 6.38. The van der Waals surface area contributed by atoms with E-state index in [0.29, 0.717) is 13.2 Å². The topological polar surface area (TPSA) is 38.8 Å². The molecule has 1 amide bonds. The van der Waals surface area contributed by atoms with Crippen LogP contribution < -0.4 is 4.90 Å². The Bertz CT molecular complexity index is 478. The molecule has 0 radical (unpaired) electrons. The zero-order chi connectivity index (χ0) is 12.8. The highest BCUT2D eigenvalue weighted by molar-refractivity contribution is 6.06. The van der Waals surface area contributed by atoms with E-state index >= 15 is 0 Å². The Morgan fingerprint density at radius 1 is 1.22 bits per heavy atom. The molecule has 0 saturated carbocycles. The number of amides is 1. The predicted molar refractivity (Wildman–Crippen MR) is 67.3 cm³/mol. The Labute approximate surface area is 106 Å². The van der Waals surface area contributed by atoms with Crippen LogP contribution in [0.4, 0.5) is 5.69 Å². The van der Waals surface area contributed by atoms with Crippen molar-refractivity contribution in [2.24, 2.45) is 0 Å². The molecule has 1 aromatic rings. The Morgan fingerprint density at radius 2 is 1.89 bits per heavy atom. The highest BCUT2D eigenvalue weighted by Gasteiger charge is 2.55. The van der Waals surface area contributed by atoms with Crippen molar-refractivity contribution >= 4 is 11.6 Å². The third kappa shape index (κ3) is 1.42. The molecule has 1 aromatic carbocycles. The molecule has 2 aliphatic heterocycles. The summed E-state index contributed by atoms with van der Waals surface area (Å²) in [6.07, 6.45) is 0.832. The minimum atomic E-state index is -1.20. The standard InChI is InChI=1S/C14H17NO3/c1-10(2)15-12-7-4-3-6-11(12)14(13(15)16)17-8-5-9-18-14/h3-4,6-7,10H,5,8-9H2,1-2H3. The number of carbonyl (C=O) groups is 1. The quantitative estimate of drug-likeness (QED) is 0.762. The third-order valence-corrected chi connectivity index (χ3v) is 3.43. The van der Waals surface area contributed by atoms with Crippen LogP contribution in [0.1, 0.15) is 25.8 Å². The highest BCUT2D eigenvalue weighted by atomic mass is 16.7. The fourth-order valence-corrected chi connectivity index (χ4v) is 2.67. The van der Waals surface area contributed by atoms with Gasteiger partial charge in [0.15, 0.2) is 0 Å². The van der Waals surface area contributed by atoms with Crippen LogP contribution in [0.15, 0.2) is 24.3 Å². The van der Waals surface area contributed by atoms with Crippen LogP contribution in [0.25, 0.3) is 0 Å². The smallest absolute Gasteiger partial charge is 0.292 e. The highest BCUT2D eigenvalue weighted by Crippen LogP contribution is 2.45. The average Bonchev–Trinajstić information content (AvgIpc) is 2.61. The van der Waals surface area contributed by atoms with Crippen LogP contribution >= 0.6 is 0 Å². The van der Waals surface area contributed by atoms with Gasteiger partial charge >= 0.3 is 0 Å². The molecule has 0 unspecified atom stereocenters. The average molecular weight is 247 g/mol.